The molecule has 7 heteroatoms. The summed E-state index contributed by atoms with van der Waals surface area (Å²) in [6, 6.07) is 4.64. The summed E-state index contributed by atoms with van der Waals surface area (Å²) >= 11 is 12.0. The van der Waals surface area contributed by atoms with Gasteiger partial charge in [-0.1, -0.05) is 23.2 Å². The number of carboxylic acids is 1. The molecule has 0 aromatic heterocycles. The first-order chi connectivity index (χ1) is 10.7. The van der Waals surface area contributed by atoms with Gasteiger partial charge in [0.15, 0.2) is 5.60 Å². The number of aliphatic carboxylic acids is 1. The lowest BCUT2D eigenvalue weighted by atomic mass is 9.94. The second-order valence-corrected chi connectivity index (χ2v) is 6.67. The van der Waals surface area contributed by atoms with Gasteiger partial charge in [0.1, 0.15) is 0 Å². The third-order valence-electron chi connectivity index (χ3n) is 3.56. The van der Waals surface area contributed by atoms with E-state index in [4.69, 9.17) is 33.0 Å². The summed E-state index contributed by atoms with van der Waals surface area (Å²) < 4.78 is 5.55. The van der Waals surface area contributed by atoms with Crippen LogP contribution in [0.4, 0.5) is 0 Å². The van der Waals surface area contributed by atoms with E-state index in [0.29, 0.717) is 16.5 Å². The molecule has 0 radical (unpaired) electrons. The average Bonchev–Trinajstić information content (AvgIpc) is 2.80. The van der Waals surface area contributed by atoms with E-state index in [9.17, 15) is 9.59 Å². The number of hydrogen-bond donors (Lipinski definition) is 2. The number of carboxylic acid groups (broad SMARTS) is 1. The molecule has 1 aromatic rings. The molecule has 5 nitrogen and oxygen atoms in total. The molecule has 1 unspecified atom stereocenters. The number of carbonyl (C=O) groups is 2. The number of halogens is 2. The Labute approximate surface area is 144 Å². The number of hydrogen-bond acceptors (Lipinski definition) is 3. The van der Waals surface area contributed by atoms with Crippen molar-refractivity contribution in [3.63, 3.8) is 0 Å². The van der Waals surface area contributed by atoms with Crippen molar-refractivity contribution in [2.75, 3.05) is 0 Å². The van der Waals surface area contributed by atoms with Crippen LogP contribution in [0.25, 0.3) is 5.57 Å². The summed E-state index contributed by atoms with van der Waals surface area (Å²) in [5.41, 5.74) is 0.507. The third-order valence-corrected chi connectivity index (χ3v) is 4.00. The Morgan fingerprint density at radius 3 is 2.52 bits per heavy atom. The summed E-state index contributed by atoms with van der Waals surface area (Å²) in [6.07, 6.45) is 1.71. The van der Waals surface area contributed by atoms with Crippen molar-refractivity contribution in [1.82, 2.24) is 5.32 Å². The Hall–Kier alpha value is -1.72. The Bertz CT molecular complexity index is 654. The highest BCUT2D eigenvalue weighted by Gasteiger charge is 2.40. The fourth-order valence-corrected chi connectivity index (χ4v) is 2.91. The van der Waals surface area contributed by atoms with Crippen molar-refractivity contribution >= 4 is 40.7 Å². The minimum absolute atomic E-state index is 0.147. The van der Waals surface area contributed by atoms with Crippen molar-refractivity contribution in [1.29, 1.82) is 0 Å². The molecule has 0 bridgehead atoms. The summed E-state index contributed by atoms with van der Waals surface area (Å²) in [5.74, 6) is -1.33. The molecule has 23 heavy (non-hydrogen) atoms. The van der Waals surface area contributed by atoms with E-state index >= 15 is 0 Å². The van der Waals surface area contributed by atoms with Crippen LogP contribution >= 0.6 is 23.2 Å². The summed E-state index contributed by atoms with van der Waals surface area (Å²) in [5, 5.41) is 12.4. The Morgan fingerprint density at radius 1 is 1.35 bits per heavy atom. The molecule has 2 rings (SSSR count). The van der Waals surface area contributed by atoms with Gasteiger partial charge in [0.05, 0.1) is 12.7 Å². The molecule has 1 aliphatic rings. The summed E-state index contributed by atoms with van der Waals surface area (Å²) in [7, 11) is 0. The smallest absolute Gasteiger partial charge is 0.305 e. The first kappa shape index (κ1) is 17.6. The van der Waals surface area contributed by atoms with Gasteiger partial charge < -0.3 is 15.2 Å². The van der Waals surface area contributed by atoms with Crippen molar-refractivity contribution in [2.24, 2.45) is 0 Å². The van der Waals surface area contributed by atoms with Crippen LogP contribution < -0.4 is 5.32 Å². The molecule has 124 valence electrons. The van der Waals surface area contributed by atoms with Gasteiger partial charge in [0, 0.05) is 22.5 Å². The fraction of sp³-hybridized carbons (Fsp3) is 0.375. The highest BCUT2D eigenvalue weighted by atomic mass is 35.5. The quantitative estimate of drug-likeness (QED) is 0.845. The molecule has 1 aliphatic heterocycles. The zero-order chi connectivity index (χ0) is 17.2. The topological polar surface area (TPSA) is 75.6 Å². The number of benzene rings is 1. The van der Waals surface area contributed by atoms with E-state index in [1.54, 1.807) is 32.0 Å². The van der Waals surface area contributed by atoms with Crippen molar-refractivity contribution < 1.29 is 19.4 Å². The second kappa shape index (κ2) is 6.81. The number of ether oxygens (including phenoxy) is 1. The van der Waals surface area contributed by atoms with E-state index in [1.807, 2.05) is 0 Å². The summed E-state index contributed by atoms with van der Waals surface area (Å²) in [6.45, 7) is 3.29. The van der Waals surface area contributed by atoms with Crippen LogP contribution in [-0.2, 0) is 14.3 Å². The van der Waals surface area contributed by atoms with Gasteiger partial charge in [-0.3, -0.25) is 9.59 Å². The van der Waals surface area contributed by atoms with Gasteiger partial charge in [-0.2, -0.15) is 0 Å². The van der Waals surface area contributed by atoms with Crippen LogP contribution in [0.15, 0.2) is 24.5 Å². The van der Waals surface area contributed by atoms with Crippen molar-refractivity contribution in [3.05, 3.63) is 40.1 Å². The van der Waals surface area contributed by atoms with Crippen LogP contribution in [0.2, 0.25) is 10.0 Å². The Kier molecular flexibility index (Phi) is 5.22. The van der Waals surface area contributed by atoms with Gasteiger partial charge in [-0.05, 0) is 43.2 Å². The molecule has 2 atom stereocenters. The molecular weight excluding hydrogens is 341 g/mol. The lowest BCUT2D eigenvalue weighted by Gasteiger charge is -2.25. The van der Waals surface area contributed by atoms with Crippen molar-refractivity contribution in [2.45, 2.75) is 38.3 Å². The monoisotopic (exact) mass is 357 g/mol. The third kappa shape index (κ3) is 4.39. The van der Waals surface area contributed by atoms with E-state index in [2.05, 4.69) is 5.32 Å². The van der Waals surface area contributed by atoms with Gasteiger partial charge in [0.25, 0.3) is 5.91 Å². The molecule has 0 saturated heterocycles. The zero-order valence-electron chi connectivity index (χ0n) is 12.7. The summed E-state index contributed by atoms with van der Waals surface area (Å²) in [4.78, 5) is 23.0. The van der Waals surface area contributed by atoms with Crippen LogP contribution in [0.3, 0.4) is 0 Å². The predicted octanol–water partition coefficient (Wildman–Crippen LogP) is 3.49. The molecule has 1 heterocycles. The molecule has 0 saturated carbocycles. The van der Waals surface area contributed by atoms with E-state index in [-0.39, 0.29) is 12.3 Å². The number of amides is 1. The van der Waals surface area contributed by atoms with E-state index < -0.39 is 17.6 Å². The minimum atomic E-state index is -1.09. The average molecular weight is 358 g/mol. The molecule has 0 aliphatic carbocycles. The van der Waals surface area contributed by atoms with Gasteiger partial charge in [-0.15, -0.1) is 0 Å². The highest BCUT2D eigenvalue weighted by Crippen LogP contribution is 2.36. The van der Waals surface area contributed by atoms with Gasteiger partial charge in [0.2, 0.25) is 0 Å². The maximum atomic E-state index is 12.4. The van der Waals surface area contributed by atoms with E-state index in [1.165, 1.54) is 6.26 Å². The van der Waals surface area contributed by atoms with Crippen LogP contribution in [0.5, 0.6) is 0 Å². The lowest BCUT2D eigenvalue weighted by molar-refractivity contribution is -0.139. The van der Waals surface area contributed by atoms with Crippen molar-refractivity contribution in [3.8, 4) is 0 Å². The Balaban J connectivity index is 2.06. The molecule has 0 spiro atoms. The molecular formula is C16H17Cl2NO4. The van der Waals surface area contributed by atoms with Crippen LogP contribution in [-0.4, -0.2) is 28.6 Å². The normalized spacial score (nSPS) is 21.3. The number of nitrogens with one attached hydrogen (secondary N) is 1. The van der Waals surface area contributed by atoms with Gasteiger partial charge >= 0.3 is 5.97 Å². The predicted molar refractivity (Wildman–Crippen MR) is 88.4 cm³/mol. The maximum absolute atomic E-state index is 12.4. The highest BCUT2D eigenvalue weighted by molar-refractivity contribution is 6.34. The molecule has 1 aromatic carbocycles. The first-order valence-electron chi connectivity index (χ1n) is 7.06. The zero-order valence-corrected chi connectivity index (χ0v) is 14.2. The first-order valence-corrected chi connectivity index (χ1v) is 7.81. The molecule has 2 N–H and O–H groups in total. The van der Waals surface area contributed by atoms with Gasteiger partial charge in [-0.25, -0.2) is 0 Å². The fourth-order valence-electron chi connectivity index (χ4n) is 2.38. The van der Waals surface area contributed by atoms with E-state index in [0.717, 1.165) is 11.1 Å². The Morgan fingerprint density at radius 2 is 1.96 bits per heavy atom. The van der Waals surface area contributed by atoms with Crippen LogP contribution in [0.1, 0.15) is 32.3 Å². The minimum Gasteiger partial charge on any atom is -0.485 e. The molecule has 0 fully saturated rings. The largest absolute Gasteiger partial charge is 0.485 e. The second-order valence-electron chi connectivity index (χ2n) is 5.80. The molecule has 1 amide bonds. The van der Waals surface area contributed by atoms with Crippen LogP contribution in [0, 0.1) is 0 Å². The standard InChI is InChI=1S/C16H17Cl2NO4/c1-9(3-14(20)21)19-15(22)16(2)7-11(8-23-16)10-4-12(17)6-13(18)5-10/h4-6,8-9H,3,7H2,1-2H3,(H,19,22)(H,20,21)/t9-,16?/m0/s1. The SMILES string of the molecule is C[C@@H](CC(=O)O)NC(=O)C1(C)CC(c2cc(Cl)cc(Cl)c2)=CO1. The maximum Gasteiger partial charge on any atom is 0.305 e. The number of rotatable bonds is 5. The number of carbonyl (C=O) groups excluding carboxylic acids is 1. The lowest BCUT2D eigenvalue weighted by Crippen LogP contribution is -2.48.